The van der Waals surface area contributed by atoms with E-state index in [-0.39, 0.29) is 11.8 Å². The Kier molecular flexibility index (Phi) is 5.19. The molecule has 0 atom stereocenters. The van der Waals surface area contributed by atoms with Crippen molar-refractivity contribution in [2.45, 2.75) is 6.54 Å². The number of anilines is 1. The average molecular weight is 420 g/mol. The van der Waals surface area contributed by atoms with Crippen molar-refractivity contribution in [2.75, 3.05) is 32.0 Å². The summed E-state index contributed by atoms with van der Waals surface area (Å²) in [6.45, 7) is 3.67. The molecule has 9 heteroatoms. The van der Waals surface area contributed by atoms with Gasteiger partial charge in [0.2, 0.25) is 5.95 Å². The highest BCUT2D eigenvalue weighted by Crippen LogP contribution is 2.36. The second-order valence-electron chi connectivity index (χ2n) is 7.32. The fourth-order valence-electron chi connectivity index (χ4n) is 3.75. The largest absolute Gasteiger partial charge is 0.456 e. The predicted octanol–water partition coefficient (Wildman–Crippen LogP) is 3.37. The normalized spacial score (nSPS) is 14.7. The summed E-state index contributed by atoms with van der Waals surface area (Å²) in [4.78, 5) is 18.0. The van der Waals surface area contributed by atoms with Crippen molar-refractivity contribution in [1.29, 1.82) is 0 Å². The van der Waals surface area contributed by atoms with Gasteiger partial charge in [0.15, 0.2) is 0 Å². The maximum atomic E-state index is 14.4. The third-order valence-corrected chi connectivity index (χ3v) is 5.15. The Hall–Kier alpha value is -3.56. The first-order valence-electron chi connectivity index (χ1n) is 9.98. The number of pyridine rings is 1. The van der Waals surface area contributed by atoms with Gasteiger partial charge >= 0.3 is 0 Å². The minimum atomic E-state index is -0.344. The topological polar surface area (TPSA) is 102 Å². The monoisotopic (exact) mass is 420 g/mol. The van der Waals surface area contributed by atoms with E-state index in [1.165, 1.54) is 12.1 Å². The highest BCUT2D eigenvalue weighted by Gasteiger charge is 2.16. The summed E-state index contributed by atoms with van der Waals surface area (Å²) in [6, 6.07) is 8.29. The minimum absolute atomic E-state index is 0.177. The lowest BCUT2D eigenvalue weighted by Crippen LogP contribution is -2.35. The SMILES string of the molecule is Nc1nccc(-c2c[nH]c3nccc(Oc4cc(F)cc(CN5CCOCC5)c4)c23)n1. The van der Waals surface area contributed by atoms with Gasteiger partial charge in [-0.15, -0.1) is 0 Å². The number of hydrogen-bond donors (Lipinski definition) is 2. The van der Waals surface area contributed by atoms with Crippen LogP contribution in [0.4, 0.5) is 10.3 Å². The molecule has 4 aromatic rings. The van der Waals surface area contributed by atoms with Crippen LogP contribution in [-0.4, -0.2) is 51.1 Å². The molecule has 0 bridgehead atoms. The van der Waals surface area contributed by atoms with E-state index >= 15 is 0 Å². The van der Waals surface area contributed by atoms with Gasteiger partial charge in [0.1, 0.15) is 23.0 Å². The molecule has 0 unspecified atom stereocenters. The first-order chi connectivity index (χ1) is 15.2. The molecule has 8 nitrogen and oxygen atoms in total. The van der Waals surface area contributed by atoms with Crippen molar-refractivity contribution in [3.05, 3.63) is 60.3 Å². The number of nitrogen functional groups attached to an aromatic ring is 1. The standard InChI is InChI=1S/C22H21FN6O2/c23-15-9-14(13-29-5-7-30-8-6-29)10-16(11-15)31-19-2-4-25-21-20(19)17(12-27-21)18-1-3-26-22(24)28-18/h1-4,9-12H,5-8,13H2,(H,25,27)(H2,24,26,28). The molecule has 158 valence electrons. The van der Waals surface area contributed by atoms with E-state index in [9.17, 15) is 4.39 Å². The van der Waals surface area contributed by atoms with Crippen LogP contribution in [0.25, 0.3) is 22.3 Å². The van der Waals surface area contributed by atoms with Gasteiger partial charge in [0.25, 0.3) is 0 Å². The van der Waals surface area contributed by atoms with Crippen molar-refractivity contribution in [1.82, 2.24) is 24.8 Å². The zero-order valence-electron chi connectivity index (χ0n) is 16.7. The number of morpholine rings is 1. The number of H-pyrrole nitrogens is 1. The number of aromatic amines is 1. The average Bonchev–Trinajstić information content (AvgIpc) is 3.19. The highest BCUT2D eigenvalue weighted by atomic mass is 19.1. The van der Waals surface area contributed by atoms with E-state index < -0.39 is 0 Å². The smallest absolute Gasteiger partial charge is 0.220 e. The molecule has 31 heavy (non-hydrogen) atoms. The lowest BCUT2D eigenvalue weighted by molar-refractivity contribution is 0.0341. The summed E-state index contributed by atoms with van der Waals surface area (Å²) >= 11 is 0. The Morgan fingerprint density at radius 2 is 1.97 bits per heavy atom. The number of aromatic nitrogens is 4. The molecule has 1 saturated heterocycles. The summed E-state index contributed by atoms with van der Waals surface area (Å²) in [7, 11) is 0. The third-order valence-electron chi connectivity index (χ3n) is 5.15. The maximum absolute atomic E-state index is 14.4. The number of rotatable bonds is 5. The molecule has 0 aliphatic carbocycles. The molecule has 1 aromatic carbocycles. The second-order valence-corrected chi connectivity index (χ2v) is 7.32. The zero-order chi connectivity index (χ0) is 21.2. The molecule has 0 spiro atoms. The van der Waals surface area contributed by atoms with Crippen LogP contribution in [0.3, 0.4) is 0 Å². The predicted molar refractivity (Wildman–Crippen MR) is 114 cm³/mol. The fourth-order valence-corrected chi connectivity index (χ4v) is 3.75. The van der Waals surface area contributed by atoms with E-state index in [1.54, 1.807) is 30.7 Å². The molecular formula is C22H21FN6O2. The quantitative estimate of drug-likeness (QED) is 0.510. The number of nitrogens with two attached hydrogens (primary N) is 1. The molecule has 5 rings (SSSR count). The van der Waals surface area contributed by atoms with Crippen molar-refractivity contribution in [3.8, 4) is 22.8 Å². The molecule has 0 radical (unpaired) electrons. The molecule has 1 aliphatic rings. The molecule has 0 saturated carbocycles. The Balaban J connectivity index is 1.48. The molecule has 0 amide bonds. The summed E-state index contributed by atoms with van der Waals surface area (Å²) in [5.74, 6) is 0.798. The first kappa shape index (κ1) is 19.4. The van der Waals surface area contributed by atoms with Crippen molar-refractivity contribution in [2.24, 2.45) is 0 Å². The Morgan fingerprint density at radius 1 is 1.13 bits per heavy atom. The highest BCUT2D eigenvalue weighted by molar-refractivity contribution is 5.97. The summed E-state index contributed by atoms with van der Waals surface area (Å²) in [6.07, 6.45) is 5.03. The number of fused-ring (bicyclic) bond motifs is 1. The van der Waals surface area contributed by atoms with Gasteiger partial charge in [-0.2, -0.15) is 0 Å². The number of nitrogens with zero attached hydrogens (tertiary/aromatic N) is 4. The van der Waals surface area contributed by atoms with Crippen LogP contribution >= 0.6 is 0 Å². The van der Waals surface area contributed by atoms with Crippen LogP contribution in [0.5, 0.6) is 11.5 Å². The van der Waals surface area contributed by atoms with Crippen molar-refractivity contribution >= 4 is 17.0 Å². The Labute approximate surface area is 177 Å². The van der Waals surface area contributed by atoms with Crippen LogP contribution in [0.2, 0.25) is 0 Å². The third kappa shape index (κ3) is 4.18. The van der Waals surface area contributed by atoms with Gasteiger partial charge in [0, 0.05) is 49.9 Å². The van der Waals surface area contributed by atoms with Crippen LogP contribution < -0.4 is 10.5 Å². The van der Waals surface area contributed by atoms with Crippen molar-refractivity contribution < 1.29 is 13.9 Å². The van der Waals surface area contributed by atoms with Gasteiger partial charge in [0.05, 0.1) is 24.3 Å². The number of hydrogen-bond acceptors (Lipinski definition) is 7. The maximum Gasteiger partial charge on any atom is 0.220 e. The second kappa shape index (κ2) is 8.29. The van der Waals surface area contributed by atoms with Gasteiger partial charge in [-0.3, -0.25) is 4.90 Å². The molecule has 4 heterocycles. The van der Waals surface area contributed by atoms with Gasteiger partial charge in [-0.1, -0.05) is 0 Å². The molecule has 1 fully saturated rings. The van der Waals surface area contributed by atoms with E-state index in [0.29, 0.717) is 42.6 Å². The molecule has 3 N–H and O–H groups in total. The lowest BCUT2D eigenvalue weighted by Gasteiger charge is -2.26. The number of ether oxygens (including phenoxy) is 2. The van der Waals surface area contributed by atoms with E-state index in [4.69, 9.17) is 15.2 Å². The van der Waals surface area contributed by atoms with Crippen LogP contribution in [0.15, 0.2) is 48.9 Å². The van der Waals surface area contributed by atoms with Crippen LogP contribution in [-0.2, 0) is 11.3 Å². The summed E-state index contributed by atoms with van der Waals surface area (Å²) < 4.78 is 25.9. The number of nitrogens with one attached hydrogen (secondary N) is 1. The van der Waals surface area contributed by atoms with E-state index in [2.05, 4.69) is 24.8 Å². The first-order valence-corrected chi connectivity index (χ1v) is 9.98. The van der Waals surface area contributed by atoms with E-state index in [1.807, 2.05) is 6.07 Å². The van der Waals surface area contributed by atoms with Gasteiger partial charge in [-0.25, -0.2) is 19.3 Å². The molecule has 1 aliphatic heterocycles. The van der Waals surface area contributed by atoms with Gasteiger partial charge < -0.3 is 20.2 Å². The Bertz CT molecular complexity index is 1220. The fraction of sp³-hybridized carbons (Fsp3) is 0.227. The van der Waals surface area contributed by atoms with Gasteiger partial charge in [-0.05, 0) is 29.8 Å². The number of benzene rings is 1. The Morgan fingerprint density at radius 3 is 2.81 bits per heavy atom. The van der Waals surface area contributed by atoms with Crippen molar-refractivity contribution in [3.63, 3.8) is 0 Å². The minimum Gasteiger partial charge on any atom is -0.456 e. The molecular weight excluding hydrogens is 399 g/mol. The lowest BCUT2D eigenvalue weighted by atomic mass is 10.1. The summed E-state index contributed by atoms with van der Waals surface area (Å²) in [5.41, 5.74) is 8.65. The van der Waals surface area contributed by atoms with Crippen LogP contribution in [0, 0.1) is 5.82 Å². The molecule has 3 aromatic heterocycles. The summed E-state index contributed by atoms with van der Waals surface area (Å²) in [5, 5.41) is 0.736. The van der Waals surface area contributed by atoms with E-state index in [0.717, 1.165) is 29.6 Å². The van der Waals surface area contributed by atoms with Crippen LogP contribution in [0.1, 0.15) is 5.56 Å². The zero-order valence-corrected chi connectivity index (χ0v) is 16.7. The number of halogens is 1.